The van der Waals surface area contributed by atoms with Crippen LogP contribution in [-0.2, 0) is 16.4 Å². The maximum atomic E-state index is 13.8. The van der Waals surface area contributed by atoms with Gasteiger partial charge < -0.3 is 15.0 Å². The number of hydrogen-bond donors (Lipinski definition) is 1. The molecule has 0 unspecified atom stereocenters. The molecular weight excluding hydrogens is 546 g/mol. The summed E-state index contributed by atoms with van der Waals surface area (Å²) in [5.74, 6) is -0.592. The average molecular weight is 571 g/mol. The molecule has 1 N–H and O–H groups in total. The molecule has 0 aliphatic heterocycles. The van der Waals surface area contributed by atoms with Crippen molar-refractivity contribution in [2.24, 2.45) is 4.99 Å². The Hall–Kier alpha value is -2.02. The van der Waals surface area contributed by atoms with Crippen molar-refractivity contribution in [1.29, 1.82) is 0 Å². The van der Waals surface area contributed by atoms with Crippen molar-refractivity contribution in [2.45, 2.75) is 25.0 Å². The van der Waals surface area contributed by atoms with Crippen molar-refractivity contribution in [3.8, 4) is 5.75 Å². The lowest BCUT2D eigenvalue weighted by Gasteiger charge is -2.22. The van der Waals surface area contributed by atoms with Crippen molar-refractivity contribution in [1.82, 2.24) is 10.2 Å². The number of nitrogens with one attached hydrogen (secondary N) is 1. The molecule has 2 aromatic rings. The Balaban J connectivity index is 0.00000480. The van der Waals surface area contributed by atoms with Gasteiger partial charge in [0.25, 0.3) is 0 Å². The highest BCUT2D eigenvalue weighted by molar-refractivity contribution is 14.0. The number of ether oxygens (including phenoxy) is 1. The molecule has 0 saturated carbocycles. The van der Waals surface area contributed by atoms with Crippen LogP contribution >= 0.6 is 24.0 Å². The van der Waals surface area contributed by atoms with E-state index in [1.165, 1.54) is 30.3 Å². The first-order valence-corrected chi connectivity index (χ1v) is 10.9. The second kappa shape index (κ2) is 12.7. The van der Waals surface area contributed by atoms with Crippen molar-refractivity contribution < 1.29 is 26.3 Å². The fourth-order valence-corrected chi connectivity index (χ4v) is 3.88. The van der Waals surface area contributed by atoms with E-state index in [-0.39, 0.29) is 46.9 Å². The Morgan fingerprint density at radius 1 is 1.16 bits per heavy atom. The van der Waals surface area contributed by atoms with E-state index in [0.29, 0.717) is 19.0 Å². The SMILES string of the molecule is CCNC(=NCCS(=O)(=O)c1ccccc1F)N(C)Cc1ccc(OC(F)F)cc1.I. The van der Waals surface area contributed by atoms with Gasteiger partial charge in [-0.1, -0.05) is 24.3 Å². The minimum absolute atomic E-state index is 0. The number of guanidine groups is 1. The second-order valence-electron chi connectivity index (χ2n) is 6.36. The van der Waals surface area contributed by atoms with Gasteiger partial charge in [-0.25, -0.2) is 12.8 Å². The van der Waals surface area contributed by atoms with Crippen LogP contribution in [0.25, 0.3) is 0 Å². The zero-order chi connectivity index (χ0) is 22.1. The Labute approximate surface area is 197 Å². The summed E-state index contributed by atoms with van der Waals surface area (Å²) in [5.41, 5.74) is 0.823. The topological polar surface area (TPSA) is 71.0 Å². The molecular formula is C20H25F3IN3O3S. The third kappa shape index (κ3) is 8.56. The third-order valence-electron chi connectivity index (χ3n) is 4.06. The van der Waals surface area contributed by atoms with Crippen molar-refractivity contribution in [3.05, 3.63) is 59.9 Å². The lowest BCUT2D eigenvalue weighted by atomic mass is 10.2. The van der Waals surface area contributed by atoms with Gasteiger partial charge in [-0.3, -0.25) is 4.99 Å². The highest BCUT2D eigenvalue weighted by Gasteiger charge is 2.18. The van der Waals surface area contributed by atoms with Gasteiger partial charge in [-0.2, -0.15) is 8.78 Å². The Kier molecular flexibility index (Phi) is 11.1. The van der Waals surface area contributed by atoms with Crippen LogP contribution in [0.4, 0.5) is 13.2 Å². The smallest absolute Gasteiger partial charge is 0.387 e. The Morgan fingerprint density at radius 3 is 2.39 bits per heavy atom. The molecule has 0 spiro atoms. The minimum atomic E-state index is -3.80. The number of nitrogens with zero attached hydrogens (tertiary/aromatic N) is 2. The number of sulfone groups is 1. The quantitative estimate of drug-likeness (QED) is 0.281. The lowest BCUT2D eigenvalue weighted by Crippen LogP contribution is -2.38. The van der Waals surface area contributed by atoms with Gasteiger partial charge in [0.05, 0.1) is 12.3 Å². The van der Waals surface area contributed by atoms with Gasteiger partial charge in [0.1, 0.15) is 16.5 Å². The van der Waals surface area contributed by atoms with Crippen LogP contribution in [0.15, 0.2) is 58.4 Å². The molecule has 0 radical (unpaired) electrons. The van der Waals surface area contributed by atoms with Crippen molar-refractivity contribution >= 4 is 39.8 Å². The third-order valence-corrected chi connectivity index (χ3v) is 5.78. The fraction of sp³-hybridized carbons (Fsp3) is 0.350. The molecule has 0 bridgehead atoms. The summed E-state index contributed by atoms with van der Waals surface area (Å²) in [7, 11) is -2.04. The number of rotatable bonds is 9. The monoisotopic (exact) mass is 571 g/mol. The predicted molar refractivity (Wildman–Crippen MR) is 124 cm³/mol. The first-order chi connectivity index (χ1) is 14.2. The molecule has 31 heavy (non-hydrogen) atoms. The number of halogens is 4. The van der Waals surface area contributed by atoms with Crippen LogP contribution < -0.4 is 10.1 Å². The largest absolute Gasteiger partial charge is 0.435 e. The van der Waals surface area contributed by atoms with E-state index in [1.807, 2.05) is 6.92 Å². The maximum Gasteiger partial charge on any atom is 0.387 e. The molecule has 0 aliphatic rings. The summed E-state index contributed by atoms with van der Waals surface area (Å²) in [6, 6.07) is 11.4. The first kappa shape index (κ1) is 27.0. The van der Waals surface area contributed by atoms with Gasteiger partial charge in [-0.15, -0.1) is 24.0 Å². The van der Waals surface area contributed by atoms with Gasteiger partial charge in [0, 0.05) is 20.1 Å². The molecule has 172 valence electrons. The highest BCUT2D eigenvalue weighted by atomic mass is 127. The molecule has 0 fully saturated rings. The fourth-order valence-electron chi connectivity index (χ4n) is 2.67. The minimum Gasteiger partial charge on any atom is -0.435 e. The molecule has 0 amide bonds. The molecule has 0 aliphatic carbocycles. The zero-order valence-electron chi connectivity index (χ0n) is 17.1. The van der Waals surface area contributed by atoms with E-state index in [1.54, 1.807) is 24.1 Å². The Bertz CT molecular complexity index is 958. The van der Waals surface area contributed by atoms with E-state index in [0.717, 1.165) is 11.6 Å². The zero-order valence-corrected chi connectivity index (χ0v) is 20.2. The number of benzene rings is 2. The molecule has 6 nitrogen and oxygen atoms in total. The lowest BCUT2D eigenvalue weighted by molar-refractivity contribution is -0.0498. The van der Waals surface area contributed by atoms with E-state index >= 15 is 0 Å². The summed E-state index contributed by atoms with van der Waals surface area (Å²) in [5, 5.41) is 3.06. The number of alkyl halides is 2. The number of hydrogen-bond acceptors (Lipinski definition) is 4. The van der Waals surface area contributed by atoms with Crippen LogP contribution in [0.5, 0.6) is 5.75 Å². The predicted octanol–water partition coefficient (Wildman–Crippen LogP) is 3.92. The first-order valence-electron chi connectivity index (χ1n) is 9.23. The van der Waals surface area contributed by atoms with Gasteiger partial charge in [0.2, 0.25) is 0 Å². The van der Waals surface area contributed by atoms with E-state index in [9.17, 15) is 21.6 Å². The molecule has 0 aromatic heterocycles. The molecule has 2 rings (SSSR count). The summed E-state index contributed by atoms with van der Waals surface area (Å²) in [4.78, 5) is 5.74. The van der Waals surface area contributed by atoms with E-state index < -0.39 is 22.3 Å². The maximum absolute atomic E-state index is 13.8. The van der Waals surface area contributed by atoms with Gasteiger partial charge in [0.15, 0.2) is 15.8 Å². The van der Waals surface area contributed by atoms with E-state index in [4.69, 9.17) is 0 Å². The van der Waals surface area contributed by atoms with Crippen LogP contribution in [0.3, 0.4) is 0 Å². The van der Waals surface area contributed by atoms with Crippen LogP contribution in [-0.4, -0.2) is 51.8 Å². The standard InChI is InChI=1S/C20H24F3N3O3S.HI/c1-3-24-20(25-12-13-30(27,28)18-7-5-4-6-17(18)21)26(2)14-15-8-10-16(11-9-15)29-19(22)23;/h4-11,19H,3,12-14H2,1-2H3,(H,24,25);1H. The molecule has 0 saturated heterocycles. The number of aliphatic imine (C=N–C) groups is 1. The second-order valence-corrected chi connectivity index (χ2v) is 8.44. The van der Waals surface area contributed by atoms with Crippen LogP contribution in [0.2, 0.25) is 0 Å². The highest BCUT2D eigenvalue weighted by Crippen LogP contribution is 2.17. The van der Waals surface area contributed by atoms with E-state index in [2.05, 4.69) is 15.0 Å². The van der Waals surface area contributed by atoms with Crippen molar-refractivity contribution in [2.75, 3.05) is 25.9 Å². The summed E-state index contributed by atoms with van der Waals surface area (Å²) in [6.07, 6.45) is 0. The summed E-state index contributed by atoms with van der Waals surface area (Å²) >= 11 is 0. The average Bonchev–Trinajstić information content (AvgIpc) is 2.68. The summed E-state index contributed by atoms with van der Waals surface area (Å²) < 4.78 is 67.3. The van der Waals surface area contributed by atoms with Crippen LogP contribution in [0, 0.1) is 5.82 Å². The molecule has 0 heterocycles. The molecule has 0 atom stereocenters. The van der Waals surface area contributed by atoms with Gasteiger partial charge >= 0.3 is 6.61 Å². The summed E-state index contributed by atoms with van der Waals surface area (Å²) in [6.45, 7) is -0.0993. The molecule has 11 heteroatoms. The molecule has 2 aromatic carbocycles. The van der Waals surface area contributed by atoms with Crippen molar-refractivity contribution in [3.63, 3.8) is 0 Å². The Morgan fingerprint density at radius 2 is 1.81 bits per heavy atom. The van der Waals surface area contributed by atoms with Crippen LogP contribution in [0.1, 0.15) is 12.5 Å². The normalized spacial score (nSPS) is 11.7. The van der Waals surface area contributed by atoms with Gasteiger partial charge in [-0.05, 0) is 36.8 Å².